The van der Waals surface area contributed by atoms with Crippen LogP contribution in [0.3, 0.4) is 0 Å². The molecule has 2 aliphatic carbocycles. The molecule has 0 aliphatic heterocycles. The molecule has 2 aliphatic rings. The third-order valence-electron chi connectivity index (χ3n) is 4.13. The maximum atomic E-state index is 10.1. The normalized spacial score (nSPS) is 34.1. The topological polar surface area (TPSA) is 26.3 Å². The van der Waals surface area contributed by atoms with Crippen molar-refractivity contribution in [3.8, 4) is 0 Å². The van der Waals surface area contributed by atoms with Crippen molar-refractivity contribution in [1.82, 2.24) is 0 Å². The zero-order valence-corrected chi connectivity index (χ0v) is 11.6. The standard InChI is InChI=1S/C13H20Cl2O2/c14-13(15)10-5-6-11(13)12(9-10)17-8-4-2-1-3-7-16/h7,10-12H,1-6,8-9H2. The van der Waals surface area contributed by atoms with Gasteiger partial charge in [0, 0.05) is 18.9 Å². The largest absolute Gasteiger partial charge is 0.378 e. The van der Waals surface area contributed by atoms with E-state index >= 15 is 0 Å². The molecule has 0 aromatic rings. The number of hydrogen-bond donors (Lipinski definition) is 0. The third-order valence-corrected chi connectivity index (χ3v) is 5.31. The van der Waals surface area contributed by atoms with E-state index in [4.69, 9.17) is 27.9 Å². The number of hydrogen-bond acceptors (Lipinski definition) is 2. The van der Waals surface area contributed by atoms with Gasteiger partial charge < -0.3 is 9.53 Å². The minimum Gasteiger partial charge on any atom is -0.378 e. The average Bonchev–Trinajstić information content (AvgIpc) is 2.72. The fourth-order valence-electron chi connectivity index (χ4n) is 3.15. The SMILES string of the molecule is O=CCCCCCOC1CC2CCC1C2(Cl)Cl. The van der Waals surface area contributed by atoms with E-state index in [0.29, 0.717) is 18.3 Å². The van der Waals surface area contributed by atoms with Crippen molar-refractivity contribution in [3.05, 3.63) is 0 Å². The van der Waals surface area contributed by atoms with Crippen LogP contribution >= 0.6 is 23.2 Å². The second-order valence-electron chi connectivity index (χ2n) is 5.22. The zero-order chi connectivity index (χ0) is 12.3. The molecule has 0 amide bonds. The highest BCUT2D eigenvalue weighted by atomic mass is 35.5. The van der Waals surface area contributed by atoms with Gasteiger partial charge in [-0.25, -0.2) is 0 Å². The van der Waals surface area contributed by atoms with E-state index in [2.05, 4.69) is 0 Å². The molecule has 0 aromatic carbocycles. The molecule has 17 heavy (non-hydrogen) atoms. The molecular formula is C13H20Cl2O2. The molecule has 2 fully saturated rings. The third kappa shape index (κ3) is 2.97. The summed E-state index contributed by atoms with van der Waals surface area (Å²) in [5.74, 6) is 0.752. The summed E-state index contributed by atoms with van der Waals surface area (Å²) in [6.07, 6.45) is 8.24. The Morgan fingerprint density at radius 3 is 2.65 bits per heavy atom. The van der Waals surface area contributed by atoms with Gasteiger partial charge in [-0.2, -0.15) is 0 Å². The quantitative estimate of drug-likeness (QED) is 0.403. The smallest absolute Gasteiger partial charge is 0.126 e. The first-order chi connectivity index (χ1) is 8.16. The van der Waals surface area contributed by atoms with E-state index in [-0.39, 0.29) is 6.10 Å². The highest BCUT2D eigenvalue weighted by Crippen LogP contribution is 2.59. The van der Waals surface area contributed by atoms with Crippen molar-refractivity contribution >= 4 is 29.5 Å². The Labute approximate surface area is 113 Å². The lowest BCUT2D eigenvalue weighted by atomic mass is 9.98. The van der Waals surface area contributed by atoms with Crippen molar-refractivity contribution in [2.75, 3.05) is 6.61 Å². The number of ether oxygens (including phenoxy) is 1. The molecule has 2 saturated carbocycles. The van der Waals surface area contributed by atoms with E-state index in [1.807, 2.05) is 0 Å². The molecular weight excluding hydrogens is 259 g/mol. The van der Waals surface area contributed by atoms with Crippen LogP contribution in [0.4, 0.5) is 0 Å². The molecule has 2 bridgehead atoms. The van der Waals surface area contributed by atoms with Crippen LogP contribution in [0, 0.1) is 11.8 Å². The van der Waals surface area contributed by atoms with Gasteiger partial charge >= 0.3 is 0 Å². The fourth-order valence-corrected chi connectivity index (χ4v) is 4.04. The maximum Gasteiger partial charge on any atom is 0.126 e. The van der Waals surface area contributed by atoms with E-state index in [0.717, 1.165) is 51.4 Å². The molecule has 0 saturated heterocycles. The number of unbranched alkanes of at least 4 members (excludes halogenated alkanes) is 3. The van der Waals surface area contributed by atoms with E-state index in [9.17, 15) is 4.79 Å². The van der Waals surface area contributed by atoms with E-state index in [1.165, 1.54) is 0 Å². The molecule has 0 spiro atoms. The minimum absolute atomic E-state index is 0.259. The van der Waals surface area contributed by atoms with Crippen molar-refractivity contribution < 1.29 is 9.53 Å². The Kier molecular flexibility index (Phi) is 4.73. The number of carbonyl (C=O) groups excluding carboxylic acids is 1. The van der Waals surface area contributed by atoms with Gasteiger partial charge in [0.1, 0.15) is 10.6 Å². The maximum absolute atomic E-state index is 10.1. The Hall–Kier alpha value is 0.210. The van der Waals surface area contributed by atoms with Gasteiger partial charge in [-0.15, -0.1) is 23.2 Å². The summed E-state index contributed by atoms with van der Waals surface area (Å²) < 4.78 is 5.36. The molecule has 0 N–H and O–H groups in total. The monoisotopic (exact) mass is 278 g/mol. The van der Waals surface area contributed by atoms with Gasteiger partial charge in [0.05, 0.1) is 6.10 Å². The Morgan fingerprint density at radius 1 is 1.24 bits per heavy atom. The molecule has 0 aromatic heterocycles. The molecule has 2 rings (SSSR count). The average molecular weight is 279 g/mol. The predicted octanol–water partition coefficient (Wildman–Crippen LogP) is 3.73. The molecule has 2 nitrogen and oxygen atoms in total. The number of rotatable bonds is 7. The first-order valence-corrected chi connectivity index (χ1v) is 7.35. The van der Waals surface area contributed by atoms with Gasteiger partial charge in [0.25, 0.3) is 0 Å². The summed E-state index contributed by atoms with van der Waals surface area (Å²) in [5.41, 5.74) is 0. The second-order valence-corrected chi connectivity index (χ2v) is 6.66. The second kappa shape index (κ2) is 5.90. The van der Waals surface area contributed by atoms with Crippen LogP contribution in [-0.4, -0.2) is 23.3 Å². The van der Waals surface area contributed by atoms with Crippen molar-refractivity contribution in [3.63, 3.8) is 0 Å². The first kappa shape index (κ1) is 13.6. The van der Waals surface area contributed by atoms with Crippen LogP contribution in [-0.2, 0) is 9.53 Å². The number of alkyl halides is 2. The summed E-state index contributed by atoms with van der Waals surface area (Å²) in [6, 6.07) is 0. The van der Waals surface area contributed by atoms with Crippen LogP contribution in [0.25, 0.3) is 0 Å². The van der Waals surface area contributed by atoms with Crippen molar-refractivity contribution in [2.45, 2.75) is 55.4 Å². The molecule has 3 atom stereocenters. The zero-order valence-electron chi connectivity index (χ0n) is 10.0. The van der Waals surface area contributed by atoms with Gasteiger partial charge in [-0.1, -0.05) is 6.42 Å². The molecule has 0 radical (unpaired) electrons. The van der Waals surface area contributed by atoms with Crippen molar-refractivity contribution in [2.24, 2.45) is 11.8 Å². The summed E-state index contributed by atoms with van der Waals surface area (Å²) in [5, 5.41) is 0. The van der Waals surface area contributed by atoms with Gasteiger partial charge in [-0.05, 0) is 38.0 Å². The highest BCUT2D eigenvalue weighted by Gasteiger charge is 2.57. The fraction of sp³-hybridized carbons (Fsp3) is 0.923. The lowest BCUT2D eigenvalue weighted by Gasteiger charge is -2.23. The summed E-state index contributed by atoms with van der Waals surface area (Å²) in [6.45, 7) is 0.774. The Bertz CT molecular complexity index is 268. The van der Waals surface area contributed by atoms with E-state index in [1.54, 1.807) is 0 Å². The van der Waals surface area contributed by atoms with Crippen LogP contribution in [0.2, 0.25) is 0 Å². The molecule has 3 unspecified atom stereocenters. The first-order valence-electron chi connectivity index (χ1n) is 6.59. The Morgan fingerprint density at radius 2 is 2.06 bits per heavy atom. The number of carbonyl (C=O) groups is 1. The van der Waals surface area contributed by atoms with Gasteiger partial charge in [0.15, 0.2) is 0 Å². The number of aldehydes is 1. The molecule has 4 heteroatoms. The van der Waals surface area contributed by atoms with Gasteiger partial charge in [-0.3, -0.25) is 0 Å². The summed E-state index contributed by atoms with van der Waals surface area (Å²) in [4.78, 5) is 10.1. The lowest BCUT2D eigenvalue weighted by Crippen LogP contribution is -2.26. The van der Waals surface area contributed by atoms with Crippen LogP contribution in [0.1, 0.15) is 44.9 Å². The van der Waals surface area contributed by atoms with Crippen LogP contribution in [0.5, 0.6) is 0 Å². The molecule has 98 valence electrons. The highest BCUT2D eigenvalue weighted by molar-refractivity contribution is 6.49. The van der Waals surface area contributed by atoms with Crippen molar-refractivity contribution in [1.29, 1.82) is 0 Å². The Balaban J connectivity index is 1.63. The van der Waals surface area contributed by atoms with Crippen LogP contribution in [0.15, 0.2) is 0 Å². The number of halogens is 2. The van der Waals surface area contributed by atoms with E-state index < -0.39 is 4.33 Å². The molecule has 0 heterocycles. The van der Waals surface area contributed by atoms with Crippen LogP contribution < -0.4 is 0 Å². The van der Waals surface area contributed by atoms with Gasteiger partial charge in [0.2, 0.25) is 0 Å². The summed E-state index contributed by atoms with van der Waals surface area (Å²) in [7, 11) is 0. The lowest BCUT2D eigenvalue weighted by molar-refractivity contribution is -0.107. The summed E-state index contributed by atoms with van der Waals surface area (Å²) >= 11 is 12.7. The predicted molar refractivity (Wildman–Crippen MR) is 69.5 cm³/mol. The number of fused-ring (bicyclic) bond motifs is 2. The minimum atomic E-state index is -0.539.